The molecule has 8 amide bonds. The number of hydrogen-bond donors (Lipinski definition) is 6. The fraction of sp³-hybridized carbons (Fsp3) is 0.536. The molecule has 0 spiro atoms. The number of carbonyl (C=O) groups is 7. The van der Waals surface area contributed by atoms with E-state index in [2.05, 4.69) is 21.3 Å². The number of nitrogens with one attached hydrogen (secondary N) is 4. The van der Waals surface area contributed by atoms with E-state index in [1.54, 1.807) is 32.2 Å². The number of primary amides is 1. The number of carbonyl (C=O) groups excluding carboxylic acids is 7. The molecule has 1 aromatic rings. The van der Waals surface area contributed by atoms with Crippen molar-refractivity contribution in [3.63, 3.8) is 0 Å². The largest absolute Gasteiger partial charge is 0.392 e. The van der Waals surface area contributed by atoms with Crippen molar-refractivity contribution in [1.82, 2.24) is 25.8 Å². The number of likely N-dealkylation sites (tertiary alicyclic amines) is 1. The minimum atomic E-state index is -1.03. The first kappa shape index (κ1) is 35.6. The highest BCUT2D eigenvalue weighted by molar-refractivity contribution is 6.03. The van der Waals surface area contributed by atoms with Crippen LogP contribution in [0.5, 0.6) is 0 Å². The molecule has 0 saturated carbocycles. The van der Waals surface area contributed by atoms with E-state index in [1.807, 2.05) is 0 Å². The Bertz CT molecular complexity index is 1210. The quantitative estimate of drug-likeness (QED) is 0.0604. The summed E-state index contributed by atoms with van der Waals surface area (Å²) in [6, 6.07) is 3.03. The molecule has 2 rings (SSSR count). The molecule has 0 aromatic heterocycles. The Morgan fingerprint density at radius 3 is 2.55 bits per heavy atom. The molecule has 0 radical (unpaired) electrons. The third-order valence-electron chi connectivity index (χ3n) is 6.71. The lowest BCUT2D eigenvalue weighted by atomic mass is 10.1. The van der Waals surface area contributed by atoms with Crippen LogP contribution in [0.25, 0.3) is 0 Å². The second kappa shape index (κ2) is 18.2. The van der Waals surface area contributed by atoms with Crippen LogP contribution in [0, 0.1) is 5.92 Å². The topological polar surface area (TPSA) is 230 Å². The molecule has 1 fully saturated rings. The summed E-state index contributed by atoms with van der Waals surface area (Å²) in [5.41, 5.74) is 6.64. The van der Waals surface area contributed by atoms with E-state index in [9.17, 15) is 38.7 Å². The number of aliphatic hydroxyl groups is 1. The van der Waals surface area contributed by atoms with Crippen LogP contribution >= 0.6 is 0 Å². The van der Waals surface area contributed by atoms with Gasteiger partial charge < -0.3 is 41.7 Å². The van der Waals surface area contributed by atoms with Gasteiger partial charge in [-0.1, -0.05) is 13.0 Å². The van der Waals surface area contributed by atoms with Crippen LogP contribution in [0.1, 0.15) is 43.7 Å². The van der Waals surface area contributed by atoms with Crippen molar-refractivity contribution >= 4 is 47.7 Å². The molecule has 0 aliphatic carbocycles. The maximum absolute atomic E-state index is 13.1. The lowest BCUT2D eigenvalue weighted by Crippen LogP contribution is -2.47. The minimum absolute atomic E-state index is 0.0107. The summed E-state index contributed by atoms with van der Waals surface area (Å²) in [5.74, 6) is -2.52. The molecular formula is C28H41N7O9. The van der Waals surface area contributed by atoms with Crippen molar-refractivity contribution < 1.29 is 43.4 Å². The number of ether oxygens (including phenoxy) is 1. The monoisotopic (exact) mass is 619 g/mol. The van der Waals surface area contributed by atoms with Gasteiger partial charge in [-0.25, -0.2) is 4.79 Å². The molecule has 16 heteroatoms. The maximum Gasteiger partial charge on any atom is 0.312 e. The van der Waals surface area contributed by atoms with Crippen molar-refractivity contribution in [2.24, 2.45) is 11.7 Å². The molecule has 1 aliphatic rings. The number of benzene rings is 1. The Hall–Kier alpha value is -4.57. The van der Waals surface area contributed by atoms with E-state index >= 15 is 0 Å². The van der Waals surface area contributed by atoms with Gasteiger partial charge in [0.2, 0.25) is 35.9 Å². The van der Waals surface area contributed by atoms with E-state index < -0.39 is 36.3 Å². The van der Waals surface area contributed by atoms with E-state index in [-0.39, 0.29) is 76.4 Å². The Balaban J connectivity index is 1.87. The summed E-state index contributed by atoms with van der Waals surface area (Å²) >= 11 is 0. The number of hydrogen-bond acceptors (Lipinski definition) is 9. The minimum Gasteiger partial charge on any atom is -0.392 e. The van der Waals surface area contributed by atoms with Crippen LogP contribution in [0.3, 0.4) is 0 Å². The number of nitrogens with zero attached hydrogens (tertiary/aromatic N) is 2. The van der Waals surface area contributed by atoms with Gasteiger partial charge in [0, 0.05) is 44.6 Å². The highest BCUT2D eigenvalue weighted by Gasteiger charge is 2.35. The number of amides is 8. The number of aliphatic hydroxyl groups excluding tert-OH is 1. The first-order chi connectivity index (χ1) is 20.9. The average molecular weight is 620 g/mol. The Morgan fingerprint density at radius 2 is 1.91 bits per heavy atom. The summed E-state index contributed by atoms with van der Waals surface area (Å²) < 4.78 is 5.35. The Kier molecular flexibility index (Phi) is 14.7. The molecule has 2 atom stereocenters. The fourth-order valence-corrected chi connectivity index (χ4v) is 4.35. The van der Waals surface area contributed by atoms with E-state index in [4.69, 9.17) is 10.5 Å². The van der Waals surface area contributed by atoms with Gasteiger partial charge in [-0.05, 0) is 36.1 Å². The van der Waals surface area contributed by atoms with Gasteiger partial charge >= 0.3 is 6.03 Å². The number of anilines is 1. The molecule has 7 N–H and O–H groups in total. The van der Waals surface area contributed by atoms with Gasteiger partial charge in [0.05, 0.1) is 32.9 Å². The first-order valence-corrected chi connectivity index (χ1v) is 14.2. The normalized spacial score (nSPS) is 15.0. The Labute approximate surface area is 255 Å². The van der Waals surface area contributed by atoms with Gasteiger partial charge in [0.15, 0.2) is 0 Å². The highest BCUT2D eigenvalue weighted by Crippen LogP contribution is 2.19. The predicted octanol–water partition coefficient (Wildman–Crippen LogP) is -1.44. The molecule has 242 valence electrons. The summed E-state index contributed by atoms with van der Waals surface area (Å²) in [5, 5.41) is 19.7. The van der Waals surface area contributed by atoms with Crippen LogP contribution < -0.4 is 27.0 Å². The van der Waals surface area contributed by atoms with Crippen molar-refractivity contribution in [3.8, 4) is 0 Å². The van der Waals surface area contributed by atoms with Gasteiger partial charge in [0.25, 0.3) is 0 Å². The van der Waals surface area contributed by atoms with Gasteiger partial charge in [0.1, 0.15) is 6.04 Å². The van der Waals surface area contributed by atoms with Gasteiger partial charge in [-0.3, -0.25) is 33.7 Å². The number of imide groups is 1. The highest BCUT2D eigenvalue weighted by atomic mass is 16.5. The van der Waals surface area contributed by atoms with Crippen LogP contribution in [-0.4, -0.2) is 103 Å². The van der Waals surface area contributed by atoms with Crippen LogP contribution in [0.2, 0.25) is 0 Å². The molecule has 1 saturated heterocycles. The van der Waals surface area contributed by atoms with Crippen molar-refractivity contribution in [1.29, 1.82) is 0 Å². The third-order valence-corrected chi connectivity index (χ3v) is 6.71. The first-order valence-electron chi connectivity index (χ1n) is 14.2. The van der Waals surface area contributed by atoms with Crippen LogP contribution in [0.4, 0.5) is 10.5 Å². The smallest absolute Gasteiger partial charge is 0.312 e. The van der Waals surface area contributed by atoms with Gasteiger partial charge in [-0.2, -0.15) is 0 Å². The molecule has 1 aromatic carbocycles. The predicted molar refractivity (Wildman–Crippen MR) is 156 cm³/mol. The second-order valence-corrected chi connectivity index (χ2v) is 10.3. The summed E-state index contributed by atoms with van der Waals surface area (Å²) in [7, 11) is 1.57. The fourth-order valence-electron chi connectivity index (χ4n) is 4.35. The maximum atomic E-state index is 13.1. The lowest BCUT2D eigenvalue weighted by Gasteiger charge is -2.20. The SMILES string of the molecule is CC1CC(=O)N(CCOCCC(=O)NCC(=O)N[C@@H](CCCNC(N)=O)C(=O)Nc2ccc(CO)c(CN(C)C=O)c2)C1=O. The molecule has 1 heterocycles. The summed E-state index contributed by atoms with van der Waals surface area (Å²) in [6.45, 7) is 1.56. The van der Waals surface area contributed by atoms with Crippen LogP contribution in [-0.2, 0) is 46.7 Å². The van der Waals surface area contributed by atoms with Crippen LogP contribution in [0.15, 0.2) is 18.2 Å². The van der Waals surface area contributed by atoms with E-state index in [1.165, 1.54) is 4.90 Å². The molecule has 1 aliphatic heterocycles. The molecule has 44 heavy (non-hydrogen) atoms. The summed E-state index contributed by atoms with van der Waals surface area (Å²) in [4.78, 5) is 86.1. The molecular weight excluding hydrogens is 578 g/mol. The lowest BCUT2D eigenvalue weighted by molar-refractivity contribution is -0.140. The number of nitrogens with two attached hydrogens (primary N) is 1. The van der Waals surface area contributed by atoms with E-state index in [0.717, 1.165) is 4.90 Å². The number of urea groups is 1. The zero-order chi connectivity index (χ0) is 32.6. The standard InChI is InChI=1S/C28H41N7O9/c1-18-12-25(40)35(27(18)42)9-11-44-10-7-23(38)31-14-24(39)33-22(4-3-8-30-28(29)43)26(41)32-21-6-5-19(16-36)20(13-21)15-34(2)17-37/h5-6,13,17-18,22,36H,3-4,7-12,14-16H2,1-2H3,(H,31,38)(H,32,41)(H,33,39)(H3,29,30,43)/t18?,22-/m0/s1. The zero-order valence-corrected chi connectivity index (χ0v) is 24.9. The molecule has 16 nitrogen and oxygen atoms in total. The number of rotatable bonds is 19. The van der Waals surface area contributed by atoms with Crippen molar-refractivity contribution in [2.75, 3.05) is 45.2 Å². The summed E-state index contributed by atoms with van der Waals surface area (Å²) in [6.07, 6.45) is 1.17. The third kappa shape index (κ3) is 12.0. The second-order valence-electron chi connectivity index (χ2n) is 10.3. The molecule has 1 unspecified atom stereocenters. The van der Waals surface area contributed by atoms with Gasteiger partial charge in [-0.15, -0.1) is 0 Å². The Morgan fingerprint density at radius 1 is 1.16 bits per heavy atom. The molecule has 0 bridgehead atoms. The zero-order valence-electron chi connectivity index (χ0n) is 24.9. The average Bonchev–Trinajstić information content (AvgIpc) is 3.22. The van der Waals surface area contributed by atoms with Crippen molar-refractivity contribution in [2.45, 2.75) is 51.8 Å². The van der Waals surface area contributed by atoms with E-state index in [0.29, 0.717) is 29.6 Å². The van der Waals surface area contributed by atoms with Crippen molar-refractivity contribution in [3.05, 3.63) is 29.3 Å².